The Hall–Kier alpha value is -1.83. The van der Waals surface area contributed by atoms with Gasteiger partial charge in [-0.15, -0.1) is 13.2 Å². The van der Waals surface area contributed by atoms with Gasteiger partial charge in [0.2, 0.25) is 0 Å². The van der Waals surface area contributed by atoms with E-state index in [1.807, 2.05) is 20.8 Å². The van der Waals surface area contributed by atoms with Crippen LogP contribution in [0.5, 0.6) is 11.5 Å². The molecule has 0 N–H and O–H groups in total. The normalized spacial score (nSPS) is 24.8. The molecule has 1 aromatic rings. The Bertz CT molecular complexity index is 721. The third-order valence-corrected chi connectivity index (χ3v) is 4.89. The summed E-state index contributed by atoms with van der Waals surface area (Å²) in [4.78, 5) is 14.3. The summed E-state index contributed by atoms with van der Waals surface area (Å²) in [5, 5.41) is 0.0888. The van der Waals surface area contributed by atoms with E-state index in [1.165, 1.54) is 12.1 Å². The second kappa shape index (κ2) is 7.54. The van der Waals surface area contributed by atoms with Crippen molar-refractivity contribution < 1.29 is 32.2 Å². The van der Waals surface area contributed by atoms with Gasteiger partial charge in [0, 0.05) is 36.0 Å². The fourth-order valence-electron chi connectivity index (χ4n) is 3.83. The number of benzene rings is 1. The number of rotatable bonds is 3. The molecule has 2 aliphatic rings. The maximum Gasteiger partial charge on any atom is 0.573 e. The molecule has 3 rings (SSSR count). The molecule has 2 heterocycles. The second-order valence-electron chi connectivity index (χ2n) is 8.15. The predicted molar refractivity (Wildman–Crippen MR) is 96.7 cm³/mol. The molecule has 28 heavy (non-hydrogen) atoms. The van der Waals surface area contributed by atoms with E-state index in [-0.39, 0.29) is 35.1 Å². The number of fused-ring (bicyclic) bond motifs is 2. The fourth-order valence-corrected chi connectivity index (χ4v) is 4.04. The Balaban J connectivity index is 1.66. The number of ether oxygens (including phenoxy) is 3. The molecule has 2 atom stereocenters. The lowest BCUT2D eigenvalue weighted by Gasteiger charge is -2.39. The minimum Gasteiger partial charge on any atom is -0.490 e. The number of amides is 1. The van der Waals surface area contributed by atoms with Crippen molar-refractivity contribution >= 4 is 17.7 Å². The van der Waals surface area contributed by atoms with E-state index in [4.69, 9.17) is 21.1 Å². The summed E-state index contributed by atoms with van der Waals surface area (Å²) in [6.45, 7) is 5.47. The van der Waals surface area contributed by atoms with Crippen molar-refractivity contribution in [3.05, 3.63) is 23.2 Å². The quantitative estimate of drug-likeness (QED) is 0.642. The molecule has 9 heteroatoms. The predicted octanol–water partition coefficient (Wildman–Crippen LogP) is 5.55. The number of hydrogen-bond donors (Lipinski definition) is 0. The highest BCUT2D eigenvalue weighted by atomic mass is 35.5. The molecule has 2 saturated heterocycles. The van der Waals surface area contributed by atoms with Crippen molar-refractivity contribution in [2.75, 3.05) is 0 Å². The Morgan fingerprint density at radius 3 is 2.18 bits per heavy atom. The number of halogens is 4. The monoisotopic (exact) mass is 421 g/mol. The lowest BCUT2D eigenvalue weighted by Crippen LogP contribution is -2.50. The van der Waals surface area contributed by atoms with Crippen LogP contribution in [-0.4, -0.2) is 41.1 Å². The van der Waals surface area contributed by atoms with Crippen molar-refractivity contribution in [3.8, 4) is 11.5 Å². The summed E-state index contributed by atoms with van der Waals surface area (Å²) < 4.78 is 52.7. The average molecular weight is 422 g/mol. The van der Waals surface area contributed by atoms with Gasteiger partial charge in [-0.1, -0.05) is 11.6 Å². The molecule has 2 fully saturated rings. The highest BCUT2D eigenvalue weighted by Crippen LogP contribution is 2.39. The van der Waals surface area contributed by atoms with E-state index < -0.39 is 17.7 Å². The molecule has 1 amide bonds. The molecular formula is C19H23ClF3NO4. The van der Waals surface area contributed by atoms with Gasteiger partial charge in [0.25, 0.3) is 0 Å². The van der Waals surface area contributed by atoms with E-state index in [2.05, 4.69) is 4.74 Å². The first-order chi connectivity index (χ1) is 12.9. The molecule has 2 bridgehead atoms. The van der Waals surface area contributed by atoms with Gasteiger partial charge in [0.1, 0.15) is 23.2 Å². The number of hydrogen-bond acceptors (Lipinski definition) is 4. The summed E-state index contributed by atoms with van der Waals surface area (Å²) >= 11 is 5.90. The molecule has 156 valence electrons. The van der Waals surface area contributed by atoms with Crippen LogP contribution in [0, 0.1) is 0 Å². The van der Waals surface area contributed by atoms with E-state index in [9.17, 15) is 18.0 Å². The van der Waals surface area contributed by atoms with Gasteiger partial charge in [-0.25, -0.2) is 4.79 Å². The average Bonchev–Trinajstić information content (AvgIpc) is 2.75. The molecule has 1 aromatic carbocycles. The molecule has 2 aliphatic heterocycles. The van der Waals surface area contributed by atoms with Crippen LogP contribution < -0.4 is 9.47 Å². The van der Waals surface area contributed by atoms with Gasteiger partial charge in [-0.3, -0.25) is 0 Å². The van der Waals surface area contributed by atoms with Crippen LogP contribution in [0.15, 0.2) is 18.2 Å². The molecular weight excluding hydrogens is 399 g/mol. The van der Waals surface area contributed by atoms with E-state index in [0.717, 1.165) is 18.9 Å². The summed E-state index contributed by atoms with van der Waals surface area (Å²) in [5.74, 6) is -0.217. The van der Waals surface area contributed by atoms with Gasteiger partial charge < -0.3 is 19.1 Å². The van der Waals surface area contributed by atoms with Crippen LogP contribution in [0.25, 0.3) is 0 Å². The largest absolute Gasteiger partial charge is 0.573 e. The third-order valence-electron chi connectivity index (χ3n) is 4.68. The minimum atomic E-state index is -4.81. The standard InChI is InChI=1S/C19H23ClF3NO4/c1-18(2,3)28-17(25)24-12-4-5-13(24)9-15(8-12)26-14-6-11(20)7-16(10-14)27-19(21,22)23/h6-7,10,12-13,15H,4-5,8-9H2,1-3H3. The van der Waals surface area contributed by atoms with E-state index >= 15 is 0 Å². The lowest BCUT2D eigenvalue weighted by molar-refractivity contribution is -0.274. The molecule has 0 saturated carbocycles. The Labute approximate surface area is 166 Å². The maximum absolute atomic E-state index is 12.5. The first kappa shape index (κ1) is 20.9. The number of carbonyl (C=O) groups excluding carboxylic acids is 1. The van der Waals surface area contributed by atoms with Gasteiger partial charge in [-0.05, 0) is 45.7 Å². The Morgan fingerprint density at radius 2 is 1.64 bits per heavy atom. The van der Waals surface area contributed by atoms with Crippen molar-refractivity contribution in [1.29, 1.82) is 0 Å². The number of piperidine rings is 1. The first-order valence-electron chi connectivity index (χ1n) is 9.14. The van der Waals surface area contributed by atoms with Crippen LogP contribution >= 0.6 is 11.6 Å². The topological polar surface area (TPSA) is 48.0 Å². The van der Waals surface area contributed by atoms with Gasteiger partial charge in [0.05, 0.1) is 0 Å². The molecule has 0 aromatic heterocycles. The van der Waals surface area contributed by atoms with Crippen molar-refractivity contribution in [3.63, 3.8) is 0 Å². The SMILES string of the molecule is CC(C)(C)OC(=O)N1C2CCC1CC(Oc1cc(Cl)cc(OC(F)(F)F)c1)C2. The smallest absolute Gasteiger partial charge is 0.490 e. The van der Waals surface area contributed by atoms with Crippen LogP contribution in [0.4, 0.5) is 18.0 Å². The molecule has 0 aliphatic carbocycles. The van der Waals surface area contributed by atoms with Gasteiger partial charge in [-0.2, -0.15) is 0 Å². The van der Waals surface area contributed by atoms with Gasteiger partial charge in [0.15, 0.2) is 0 Å². The van der Waals surface area contributed by atoms with Crippen LogP contribution in [0.1, 0.15) is 46.5 Å². The van der Waals surface area contributed by atoms with Gasteiger partial charge >= 0.3 is 12.5 Å². The fraction of sp³-hybridized carbons (Fsp3) is 0.632. The summed E-state index contributed by atoms with van der Waals surface area (Å²) in [7, 11) is 0. The molecule has 2 unspecified atom stereocenters. The summed E-state index contributed by atoms with van der Waals surface area (Å²) in [6.07, 6.45) is -2.51. The second-order valence-corrected chi connectivity index (χ2v) is 8.59. The number of alkyl halides is 3. The summed E-state index contributed by atoms with van der Waals surface area (Å²) in [6, 6.07) is 3.68. The van der Waals surface area contributed by atoms with Crippen LogP contribution in [0.2, 0.25) is 5.02 Å². The lowest BCUT2D eigenvalue weighted by atomic mass is 10.00. The van der Waals surface area contributed by atoms with E-state index in [1.54, 1.807) is 4.90 Å². The van der Waals surface area contributed by atoms with Crippen LogP contribution in [0.3, 0.4) is 0 Å². The third kappa shape index (κ3) is 5.37. The number of carbonyl (C=O) groups is 1. The molecule has 0 spiro atoms. The first-order valence-corrected chi connectivity index (χ1v) is 9.52. The van der Waals surface area contributed by atoms with Crippen molar-refractivity contribution in [2.45, 2.75) is 76.6 Å². The minimum absolute atomic E-state index is 0.0105. The zero-order chi connectivity index (χ0) is 20.7. The molecule has 5 nitrogen and oxygen atoms in total. The highest BCUT2D eigenvalue weighted by molar-refractivity contribution is 6.30. The summed E-state index contributed by atoms with van der Waals surface area (Å²) in [5.41, 5.74) is -0.570. The maximum atomic E-state index is 12.5. The molecule has 0 radical (unpaired) electrons. The van der Waals surface area contributed by atoms with Crippen LogP contribution in [-0.2, 0) is 4.74 Å². The van der Waals surface area contributed by atoms with Crippen molar-refractivity contribution in [1.82, 2.24) is 4.90 Å². The highest BCUT2D eigenvalue weighted by Gasteiger charge is 2.45. The zero-order valence-electron chi connectivity index (χ0n) is 15.9. The Morgan fingerprint density at radius 1 is 1.07 bits per heavy atom. The van der Waals surface area contributed by atoms with Crippen molar-refractivity contribution in [2.24, 2.45) is 0 Å². The zero-order valence-corrected chi connectivity index (χ0v) is 16.6. The van der Waals surface area contributed by atoms with E-state index in [0.29, 0.717) is 12.8 Å². The number of nitrogens with zero attached hydrogens (tertiary/aromatic N) is 1. The Kier molecular flexibility index (Phi) is 5.62.